The van der Waals surface area contributed by atoms with Gasteiger partial charge in [-0.25, -0.2) is 0 Å². The lowest BCUT2D eigenvalue weighted by Gasteiger charge is -2.18. The predicted octanol–water partition coefficient (Wildman–Crippen LogP) is 6.18. The Bertz CT molecular complexity index is 1160. The summed E-state index contributed by atoms with van der Waals surface area (Å²) in [7, 11) is 0. The first-order valence-electron chi connectivity index (χ1n) is 10.8. The molecule has 30 heavy (non-hydrogen) atoms. The van der Waals surface area contributed by atoms with Gasteiger partial charge in [0.2, 0.25) is 0 Å². The molecule has 150 valence electrons. The van der Waals surface area contributed by atoms with E-state index in [9.17, 15) is 0 Å². The fraction of sp³-hybridized carbons (Fsp3) is 0.214. The van der Waals surface area contributed by atoms with E-state index in [4.69, 9.17) is 9.47 Å². The van der Waals surface area contributed by atoms with Crippen molar-refractivity contribution in [2.75, 3.05) is 13.2 Å². The quantitative estimate of drug-likeness (QED) is 0.389. The molecule has 0 bridgehead atoms. The molecule has 1 aliphatic heterocycles. The molecule has 0 aromatic heterocycles. The third-order valence-corrected chi connectivity index (χ3v) is 5.82. The highest BCUT2D eigenvalue weighted by Crippen LogP contribution is 2.31. The number of fused-ring (bicyclic) bond motifs is 2. The van der Waals surface area contributed by atoms with E-state index in [0.29, 0.717) is 13.2 Å². The van der Waals surface area contributed by atoms with Crippen LogP contribution in [-0.4, -0.2) is 13.2 Å². The number of hydrogen-bond acceptors (Lipinski definition) is 2. The monoisotopic (exact) mass is 394 g/mol. The lowest BCUT2D eigenvalue weighted by atomic mass is 9.98. The van der Waals surface area contributed by atoms with Crippen molar-refractivity contribution >= 4 is 10.8 Å². The van der Waals surface area contributed by atoms with Gasteiger partial charge >= 0.3 is 0 Å². The second-order valence-electron chi connectivity index (χ2n) is 7.98. The van der Waals surface area contributed by atoms with Crippen molar-refractivity contribution in [2.45, 2.75) is 25.7 Å². The van der Waals surface area contributed by atoms with E-state index in [0.717, 1.165) is 37.2 Å². The predicted molar refractivity (Wildman–Crippen MR) is 123 cm³/mol. The SMILES string of the molecule is c1cc(CCc2ccc3c(c2)OCCO3)cc(CCc2ccc3ccccc3c2)c1. The van der Waals surface area contributed by atoms with Crippen molar-refractivity contribution in [3.05, 3.63) is 107 Å². The highest BCUT2D eigenvalue weighted by Gasteiger charge is 2.11. The molecule has 0 saturated carbocycles. The van der Waals surface area contributed by atoms with Crippen LogP contribution in [0.15, 0.2) is 84.9 Å². The van der Waals surface area contributed by atoms with Gasteiger partial charge in [-0.2, -0.15) is 0 Å². The molecule has 0 N–H and O–H groups in total. The second-order valence-corrected chi connectivity index (χ2v) is 7.98. The Kier molecular flexibility index (Phi) is 5.39. The van der Waals surface area contributed by atoms with E-state index >= 15 is 0 Å². The maximum Gasteiger partial charge on any atom is 0.161 e. The van der Waals surface area contributed by atoms with Crippen LogP contribution in [0.25, 0.3) is 10.8 Å². The summed E-state index contributed by atoms with van der Waals surface area (Å²) in [6, 6.07) is 30.7. The third kappa shape index (κ3) is 4.33. The summed E-state index contributed by atoms with van der Waals surface area (Å²) < 4.78 is 11.3. The van der Waals surface area contributed by atoms with E-state index in [1.807, 2.05) is 6.07 Å². The molecule has 4 aromatic rings. The van der Waals surface area contributed by atoms with Crippen LogP contribution in [0.1, 0.15) is 22.3 Å². The van der Waals surface area contributed by atoms with Crippen LogP contribution >= 0.6 is 0 Å². The number of aryl methyl sites for hydroxylation is 4. The molecule has 1 heterocycles. The Balaban J connectivity index is 1.21. The van der Waals surface area contributed by atoms with Crippen molar-refractivity contribution in [1.82, 2.24) is 0 Å². The van der Waals surface area contributed by atoms with Gasteiger partial charge in [-0.1, -0.05) is 72.8 Å². The standard InChI is InChI=1S/C28H26O2/c1-2-7-26-19-23(12-14-25(26)6-1)10-8-21-4-3-5-22(18-21)9-11-24-13-15-27-28(20-24)30-17-16-29-27/h1-7,12-15,18-20H,8-11,16-17H2. The normalized spacial score (nSPS) is 12.8. The largest absolute Gasteiger partial charge is 0.486 e. The van der Waals surface area contributed by atoms with Crippen molar-refractivity contribution < 1.29 is 9.47 Å². The first-order valence-corrected chi connectivity index (χ1v) is 10.8. The zero-order valence-corrected chi connectivity index (χ0v) is 17.1. The Morgan fingerprint density at radius 3 is 1.83 bits per heavy atom. The van der Waals surface area contributed by atoms with Gasteiger partial charge in [0.25, 0.3) is 0 Å². The Labute approximate surface area is 178 Å². The van der Waals surface area contributed by atoms with Crippen LogP contribution in [-0.2, 0) is 25.7 Å². The summed E-state index contributed by atoms with van der Waals surface area (Å²) in [5.41, 5.74) is 5.49. The summed E-state index contributed by atoms with van der Waals surface area (Å²) in [4.78, 5) is 0. The Hall–Kier alpha value is -3.26. The molecule has 4 aromatic carbocycles. The fourth-order valence-electron chi connectivity index (χ4n) is 4.16. The maximum absolute atomic E-state index is 5.71. The molecule has 5 rings (SSSR count). The minimum atomic E-state index is 0.635. The van der Waals surface area contributed by atoms with Gasteiger partial charge in [0.15, 0.2) is 11.5 Å². The van der Waals surface area contributed by atoms with Gasteiger partial charge in [-0.3, -0.25) is 0 Å². The number of ether oxygens (including phenoxy) is 2. The molecule has 0 saturated heterocycles. The van der Waals surface area contributed by atoms with E-state index in [2.05, 4.69) is 78.9 Å². The molecule has 2 heteroatoms. The first kappa shape index (κ1) is 18.7. The average molecular weight is 395 g/mol. The van der Waals surface area contributed by atoms with E-state index in [1.54, 1.807) is 0 Å². The van der Waals surface area contributed by atoms with Crippen LogP contribution in [0.3, 0.4) is 0 Å². The van der Waals surface area contributed by atoms with Crippen molar-refractivity contribution in [3.63, 3.8) is 0 Å². The summed E-state index contributed by atoms with van der Waals surface area (Å²) >= 11 is 0. The topological polar surface area (TPSA) is 18.5 Å². The Morgan fingerprint density at radius 1 is 0.467 bits per heavy atom. The maximum atomic E-state index is 5.71. The van der Waals surface area contributed by atoms with Gasteiger partial charge in [-0.15, -0.1) is 0 Å². The van der Waals surface area contributed by atoms with Gasteiger partial charge in [0, 0.05) is 0 Å². The van der Waals surface area contributed by atoms with Crippen LogP contribution in [0.2, 0.25) is 0 Å². The van der Waals surface area contributed by atoms with Gasteiger partial charge in [0.1, 0.15) is 13.2 Å². The van der Waals surface area contributed by atoms with E-state index < -0.39 is 0 Å². The van der Waals surface area contributed by atoms with Gasteiger partial charge in [-0.05, 0) is 70.8 Å². The van der Waals surface area contributed by atoms with Crippen molar-refractivity contribution in [3.8, 4) is 11.5 Å². The first-order chi connectivity index (χ1) is 14.8. The number of hydrogen-bond donors (Lipinski definition) is 0. The highest BCUT2D eigenvalue weighted by atomic mass is 16.6. The molecule has 2 nitrogen and oxygen atoms in total. The molecule has 0 atom stereocenters. The Morgan fingerprint density at radius 2 is 1.07 bits per heavy atom. The zero-order valence-electron chi connectivity index (χ0n) is 17.1. The minimum Gasteiger partial charge on any atom is -0.486 e. The third-order valence-electron chi connectivity index (χ3n) is 5.82. The molecule has 0 spiro atoms. The molecular weight excluding hydrogens is 368 g/mol. The molecule has 1 aliphatic rings. The summed E-state index contributed by atoms with van der Waals surface area (Å²) in [5, 5.41) is 2.63. The van der Waals surface area contributed by atoms with Crippen LogP contribution in [0, 0.1) is 0 Å². The molecule has 0 aliphatic carbocycles. The number of benzene rings is 4. The smallest absolute Gasteiger partial charge is 0.161 e. The lowest BCUT2D eigenvalue weighted by Crippen LogP contribution is -2.15. The van der Waals surface area contributed by atoms with Crippen molar-refractivity contribution in [1.29, 1.82) is 0 Å². The second kappa shape index (κ2) is 8.62. The fourth-order valence-corrected chi connectivity index (χ4v) is 4.16. The highest BCUT2D eigenvalue weighted by molar-refractivity contribution is 5.83. The molecular formula is C28H26O2. The van der Waals surface area contributed by atoms with Crippen LogP contribution < -0.4 is 9.47 Å². The van der Waals surface area contributed by atoms with Crippen LogP contribution in [0.4, 0.5) is 0 Å². The molecule has 0 unspecified atom stereocenters. The van der Waals surface area contributed by atoms with Gasteiger partial charge < -0.3 is 9.47 Å². The van der Waals surface area contributed by atoms with Crippen molar-refractivity contribution in [2.24, 2.45) is 0 Å². The van der Waals surface area contributed by atoms with E-state index in [1.165, 1.54) is 33.0 Å². The molecule has 0 radical (unpaired) electrons. The summed E-state index contributed by atoms with van der Waals surface area (Å²) in [5.74, 6) is 1.74. The number of rotatable bonds is 6. The zero-order chi connectivity index (χ0) is 20.2. The summed E-state index contributed by atoms with van der Waals surface area (Å²) in [6.07, 6.45) is 4.17. The summed E-state index contributed by atoms with van der Waals surface area (Å²) in [6.45, 7) is 1.27. The average Bonchev–Trinajstić information content (AvgIpc) is 2.81. The molecule has 0 amide bonds. The lowest BCUT2D eigenvalue weighted by molar-refractivity contribution is 0.171. The minimum absolute atomic E-state index is 0.635. The van der Waals surface area contributed by atoms with E-state index in [-0.39, 0.29) is 0 Å². The van der Waals surface area contributed by atoms with Gasteiger partial charge in [0.05, 0.1) is 0 Å². The van der Waals surface area contributed by atoms with Crippen LogP contribution in [0.5, 0.6) is 11.5 Å². The molecule has 0 fully saturated rings.